The Hall–Kier alpha value is -3.33. The molecular formula is C23H20Cl3N7O. The van der Waals surface area contributed by atoms with Crippen LogP contribution in [0.1, 0.15) is 11.1 Å². The number of aromatic nitrogens is 4. The van der Waals surface area contributed by atoms with Gasteiger partial charge in [0.05, 0.1) is 18.4 Å². The summed E-state index contributed by atoms with van der Waals surface area (Å²) in [5.41, 5.74) is 3.20. The number of carbonyl (C=O) groups excluding carboxylic acids is 1. The molecule has 2 aromatic heterocycles. The van der Waals surface area contributed by atoms with Crippen LogP contribution < -0.4 is 16.0 Å². The number of carbonyl (C=O) groups is 1. The highest BCUT2D eigenvalue weighted by molar-refractivity contribution is 6.35. The molecule has 4 rings (SSSR count). The molecule has 2 heterocycles. The zero-order chi connectivity index (χ0) is 23.9. The lowest BCUT2D eigenvalue weighted by molar-refractivity contribution is -0.119. The van der Waals surface area contributed by atoms with Crippen molar-refractivity contribution in [2.24, 2.45) is 0 Å². The molecule has 0 saturated carbocycles. The first-order valence-electron chi connectivity index (χ1n) is 10.3. The molecule has 2 aromatic carbocycles. The molecule has 0 spiro atoms. The van der Waals surface area contributed by atoms with Crippen LogP contribution in [-0.4, -0.2) is 32.6 Å². The van der Waals surface area contributed by atoms with Gasteiger partial charge in [-0.15, -0.1) is 0 Å². The van der Waals surface area contributed by atoms with Crippen molar-refractivity contribution in [2.45, 2.75) is 13.1 Å². The average Bonchev–Trinajstić information content (AvgIpc) is 3.36. The molecule has 0 atom stereocenters. The fraction of sp³-hybridized carbons (Fsp3) is 0.130. The maximum absolute atomic E-state index is 12.4. The number of hydrogen-bond acceptors (Lipinski definition) is 6. The maximum atomic E-state index is 12.4. The van der Waals surface area contributed by atoms with E-state index in [2.05, 4.69) is 36.1 Å². The molecule has 174 valence electrons. The van der Waals surface area contributed by atoms with Gasteiger partial charge >= 0.3 is 0 Å². The van der Waals surface area contributed by atoms with E-state index in [1.165, 1.54) is 0 Å². The molecule has 1 amide bonds. The maximum Gasteiger partial charge on any atom is 0.239 e. The predicted octanol–water partition coefficient (Wildman–Crippen LogP) is 5.17. The summed E-state index contributed by atoms with van der Waals surface area (Å²) in [6.45, 7) is 0.783. The highest BCUT2D eigenvalue weighted by Gasteiger charge is 2.10. The number of nitrogens with one attached hydrogen (secondary N) is 4. The quantitative estimate of drug-likeness (QED) is 0.245. The van der Waals surface area contributed by atoms with Gasteiger partial charge in [0, 0.05) is 46.0 Å². The fourth-order valence-corrected chi connectivity index (χ4v) is 3.76. The van der Waals surface area contributed by atoms with Gasteiger partial charge in [0.2, 0.25) is 11.9 Å². The first-order valence-corrected chi connectivity index (χ1v) is 11.4. The van der Waals surface area contributed by atoms with E-state index in [0.29, 0.717) is 39.1 Å². The van der Waals surface area contributed by atoms with Gasteiger partial charge in [-0.2, -0.15) is 10.1 Å². The Bertz CT molecular complexity index is 1280. The van der Waals surface area contributed by atoms with E-state index in [9.17, 15) is 4.79 Å². The molecule has 0 fully saturated rings. The van der Waals surface area contributed by atoms with Crippen molar-refractivity contribution in [3.8, 4) is 11.3 Å². The van der Waals surface area contributed by atoms with Crippen LogP contribution in [0.5, 0.6) is 0 Å². The van der Waals surface area contributed by atoms with Crippen molar-refractivity contribution in [1.82, 2.24) is 25.5 Å². The molecule has 0 aliphatic carbocycles. The monoisotopic (exact) mass is 515 g/mol. The Morgan fingerprint density at radius 3 is 2.56 bits per heavy atom. The van der Waals surface area contributed by atoms with Gasteiger partial charge < -0.3 is 16.0 Å². The smallest absolute Gasteiger partial charge is 0.239 e. The second-order valence-corrected chi connectivity index (χ2v) is 8.58. The summed E-state index contributed by atoms with van der Waals surface area (Å²) in [6, 6.07) is 14.4. The number of benzene rings is 2. The van der Waals surface area contributed by atoms with Gasteiger partial charge in [-0.05, 0) is 35.4 Å². The van der Waals surface area contributed by atoms with E-state index in [1.54, 1.807) is 36.7 Å². The lowest BCUT2D eigenvalue weighted by Gasteiger charge is -2.12. The molecular weight excluding hydrogens is 497 g/mol. The van der Waals surface area contributed by atoms with E-state index >= 15 is 0 Å². The van der Waals surface area contributed by atoms with E-state index in [1.807, 2.05) is 24.3 Å². The Labute approximate surface area is 211 Å². The molecule has 34 heavy (non-hydrogen) atoms. The summed E-state index contributed by atoms with van der Waals surface area (Å²) >= 11 is 18.1. The number of H-pyrrole nitrogens is 1. The zero-order valence-electron chi connectivity index (χ0n) is 17.8. The van der Waals surface area contributed by atoms with E-state index in [-0.39, 0.29) is 19.0 Å². The first-order chi connectivity index (χ1) is 16.5. The van der Waals surface area contributed by atoms with Crippen LogP contribution in [0.15, 0.2) is 60.9 Å². The lowest BCUT2D eigenvalue weighted by atomic mass is 10.2. The molecule has 11 heteroatoms. The lowest BCUT2D eigenvalue weighted by Crippen LogP contribution is -2.29. The van der Waals surface area contributed by atoms with Crippen molar-refractivity contribution >= 4 is 52.5 Å². The number of hydrogen-bond donors (Lipinski definition) is 4. The second kappa shape index (κ2) is 11.2. The van der Waals surface area contributed by atoms with Crippen LogP contribution in [0.4, 0.5) is 11.8 Å². The number of nitrogens with zero attached hydrogens (tertiary/aromatic N) is 3. The third-order valence-electron chi connectivity index (χ3n) is 4.78. The summed E-state index contributed by atoms with van der Waals surface area (Å²) in [5, 5.41) is 17.5. The Kier molecular flexibility index (Phi) is 7.84. The number of rotatable bonds is 9. The van der Waals surface area contributed by atoms with Gasteiger partial charge in [0.1, 0.15) is 5.82 Å². The largest absolute Gasteiger partial charge is 0.361 e. The highest BCUT2D eigenvalue weighted by Crippen LogP contribution is 2.22. The van der Waals surface area contributed by atoms with Crippen molar-refractivity contribution in [1.29, 1.82) is 0 Å². The molecule has 8 nitrogen and oxygen atoms in total. The Morgan fingerprint density at radius 2 is 1.79 bits per heavy atom. The summed E-state index contributed by atoms with van der Waals surface area (Å²) in [5.74, 6) is 0.664. The molecule has 0 bridgehead atoms. The van der Waals surface area contributed by atoms with Gasteiger partial charge in [0.25, 0.3) is 0 Å². The summed E-state index contributed by atoms with van der Waals surface area (Å²) in [7, 11) is 0. The van der Waals surface area contributed by atoms with Crippen LogP contribution in [0.3, 0.4) is 0 Å². The standard InChI is InChI=1S/C23H20Cl3N7O/c24-17-3-1-2-14(6-17)9-29-23-32-20(16-11-30-31-12-16)8-21(33-23)27-13-22(34)28-10-15-4-5-18(25)7-19(15)26/h1-8,11-12H,9-10,13H2,(H,28,34)(H,30,31)(H2,27,29,32,33). The van der Waals surface area contributed by atoms with E-state index < -0.39 is 0 Å². The van der Waals surface area contributed by atoms with Crippen molar-refractivity contribution < 1.29 is 4.79 Å². The van der Waals surface area contributed by atoms with Crippen LogP contribution in [0.25, 0.3) is 11.3 Å². The molecule has 0 aliphatic rings. The minimum atomic E-state index is -0.220. The minimum Gasteiger partial charge on any atom is -0.361 e. The molecule has 0 radical (unpaired) electrons. The van der Waals surface area contributed by atoms with Crippen LogP contribution in [0, 0.1) is 0 Å². The molecule has 0 saturated heterocycles. The molecule has 0 unspecified atom stereocenters. The van der Waals surface area contributed by atoms with Gasteiger partial charge in [0.15, 0.2) is 0 Å². The molecule has 4 N–H and O–H groups in total. The number of aromatic amines is 1. The summed E-state index contributed by atoms with van der Waals surface area (Å²) in [6.07, 6.45) is 3.39. The third kappa shape index (κ3) is 6.60. The van der Waals surface area contributed by atoms with Crippen LogP contribution in [-0.2, 0) is 17.9 Å². The van der Waals surface area contributed by atoms with Crippen molar-refractivity contribution in [3.05, 3.63) is 87.1 Å². The molecule has 4 aromatic rings. The SMILES string of the molecule is O=C(CNc1cc(-c2cn[nH]c2)nc(NCc2cccc(Cl)c2)n1)NCc1ccc(Cl)cc1Cl. The highest BCUT2D eigenvalue weighted by atomic mass is 35.5. The van der Waals surface area contributed by atoms with Crippen LogP contribution in [0.2, 0.25) is 15.1 Å². The summed E-state index contributed by atoms with van der Waals surface area (Å²) in [4.78, 5) is 21.4. The van der Waals surface area contributed by atoms with Crippen molar-refractivity contribution in [3.63, 3.8) is 0 Å². The second-order valence-electron chi connectivity index (χ2n) is 7.30. The normalized spacial score (nSPS) is 10.7. The number of anilines is 2. The number of halogens is 3. The summed E-state index contributed by atoms with van der Waals surface area (Å²) < 4.78 is 0. The van der Waals surface area contributed by atoms with Crippen molar-refractivity contribution in [2.75, 3.05) is 17.2 Å². The first kappa shape index (κ1) is 23.8. The average molecular weight is 517 g/mol. The van der Waals surface area contributed by atoms with E-state index in [4.69, 9.17) is 34.8 Å². The Morgan fingerprint density at radius 1 is 0.941 bits per heavy atom. The zero-order valence-corrected chi connectivity index (χ0v) is 20.0. The third-order valence-corrected chi connectivity index (χ3v) is 5.60. The van der Waals surface area contributed by atoms with Gasteiger partial charge in [-0.25, -0.2) is 4.98 Å². The topological polar surface area (TPSA) is 108 Å². The van der Waals surface area contributed by atoms with Crippen LogP contribution >= 0.6 is 34.8 Å². The molecule has 0 aliphatic heterocycles. The van der Waals surface area contributed by atoms with E-state index in [0.717, 1.165) is 16.7 Å². The number of amides is 1. The minimum absolute atomic E-state index is 0.0147. The van der Waals surface area contributed by atoms with Gasteiger partial charge in [-0.3, -0.25) is 9.89 Å². The fourth-order valence-electron chi connectivity index (χ4n) is 3.08. The van der Waals surface area contributed by atoms with Gasteiger partial charge in [-0.1, -0.05) is 53.0 Å². The predicted molar refractivity (Wildman–Crippen MR) is 135 cm³/mol. The Balaban J connectivity index is 1.42.